The number of hydrogen-bond acceptors (Lipinski definition) is 2. The minimum absolute atomic E-state index is 0.489. The van der Waals surface area contributed by atoms with Crippen molar-refractivity contribution in [2.45, 2.75) is 32.6 Å². The molecule has 1 saturated carbocycles. The van der Waals surface area contributed by atoms with E-state index in [9.17, 15) is 0 Å². The van der Waals surface area contributed by atoms with Gasteiger partial charge in [0, 0.05) is 6.54 Å². The summed E-state index contributed by atoms with van der Waals surface area (Å²) in [4.78, 5) is 2.35. The van der Waals surface area contributed by atoms with Crippen molar-refractivity contribution in [1.82, 2.24) is 4.90 Å². The van der Waals surface area contributed by atoms with E-state index in [2.05, 4.69) is 25.5 Å². The first-order chi connectivity index (χ1) is 6.58. The van der Waals surface area contributed by atoms with Gasteiger partial charge in [-0.15, -0.1) is 0 Å². The van der Waals surface area contributed by atoms with Gasteiger partial charge in [0.1, 0.15) is 0 Å². The summed E-state index contributed by atoms with van der Waals surface area (Å²) < 4.78 is 0. The van der Waals surface area contributed by atoms with Gasteiger partial charge >= 0.3 is 0 Å². The van der Waals surface area contributed by atoms with E-state index in [1.807, 2.05) is 0 Å². The summed E-state index contributed by atoms with van der Waals surface area (Å²) in [6, 6.07) is 0. The summed E-state index contributed by atoms with van der Waals surface area (Å²) in [5.74, 6) is 0. The summed E-state index contributed by atoms with van der Waals surface area (Å²) >= 11 is 0. The Bertz CT molecular complexity index is 189. The van der Waals surface area contributed by atoms with Crippen LogP contribution in [0.3, 0.4) is 0 Å². The third-order valence-electron chi connectivity index (χ3n) is 3.41. The van der Waals surface area contributed by atoms with Gasteiger partial charge in [-0.3, -0.25) is 0 Å². The van der Waals surface area contributed by atoms with E-state index in [1.54, 1.807) is 0 Å². The highest BCUT2D eigenvalue weighted by Crippen LogP contribution is 2.42. The fourth-order valence-corrected chi connectivity index (χ4v) is 2.20. The van der Waals surface area contributed by atoms with Crippen LogP contribution < -0.4 is 5.73 Å². The Kier molecular flexibility index (Phi) is 4.14. The number of nitrogens with two attached hydrogens (primary N) is 1. The summed E-state index contributed by atoms with van der Waals surface area (Å²) in [6.45, 7) is 9.05. The highest BCUT2D eigenvalue weighted by molar-refractivity contribution is 4.93. The number of rotatable bonds is 6. The quantitative estimate of drug-likeness (QED) is 0.658. The SMILES string of the molecule is C=C(C)CN(C)CCC1(CN)CCC1. The Hall–Kier alpha value is -0.340. The second-order valence-corrected chi connectivity index (χ2v) is 5.00. The molecule has 14 heavy (non-hydrogen) atoms. The molecule has 1 fully saturated rings. The standard InChI is InChI=1S/C12H24N2/c1-11(2)9-14(3)8-7-12(10-13)5-4-6-12/h1,4-10,13H2,2-3H3. The topological polar surface area (TPSA) is 29.3 Å². The van der Waals surface area contributed by atoms with E-state index in [0.29, 0.717) is 5.41 Å². The van der Waals surface area contributed by atoms with Gasteiger partial charge in [-0.05, 0) is 51.7 Å². The van der Waals surface area contributed by atoms with Crippen molar-refractivity contribution in [3.05, 3.63) is 12.2 Å². The van der Waals surface area contributed by atoms with Gasteiger partial charge in [-0.1, -0.05) is 18.6 Å². The zero-order valence-electron chi connectivity index (χ0n) is 9.68. The van der Waals surface area contributed by atoms with Crippen molar-refractivity contribution < 1.29 is 0 Å². The molecule has 1 rings (SSSR count). The Morgan fingerprint density at radius 2 is 2.14 bits per heavy atom. The van der Waals surface area contributed by atoms with Gasteiger partial charge in [0.15, 0.2) is 0 Å². The molecule has 0 unspecified atom stereocenters. The van der Waals surface area contributed by atoms with Crippen molar-refractivity contribution in [3.63, 3.8) is 0 Å². The monoisotopic (exact) mass is 196 g/mol. The molecule has 0 saturated heterocycles. The van der Waals surface area contributed by atoms with Gasteiger partial charge < -0.3 is 10.6 Å². The molecule has 2 nitrogen and oxygen atoms in total. The average molecular weight is 196 g/mol. The minimum atomic E-state index is 0.489. The lowest BCUT2D eigenvalue weighted by Gasteiger charge is -2.42. The Morgan fingerprint density at radius 1 is 1.50 bits per heavy atom. The Morgan fingerprint density at radius 3 is 2.50 bits per heavy atom. The van der Waals surface area contributed by atoms with E-state index in [4.69, 9.17) is 5.73 Å². The first kappa shape index (κ1) is 11.7. The van der Waals surface area contributed by atoms with Gasteiger partial charge in [0.2, 0.25) is 0 Å². The van der Waals surface area contributed by atoms with Crippen molar-refractivity contribution in [1.29, 1.82) is 0 Å². The van der Waals surface area contributed by atoms with Crippen LogP contribution in [0.25, 0.3) is 0 Å². The lowest BCUT2D eigenvalue weighted by Crippen LogP contribution is -2.40. The van der Waals surface area contributed by atoms with Crippen LogP contribution in [-0.2, 0) is 0 Å². The third-order valence-corrected chi connectivity index (χ3v) is 3.41. The highest BCUT2D eigenvalue weighted by Gasteiger charge is 2.34. The van der Waals surface area contributed by atoms with Crippen LogP contribution >= 0.6 is 0 Å². The molecule has 0 bridgehead atoms. The van der Waals surface area contributed by atoms with Crippen molar-refractivity contribution in [2.75, 3.05) is 26.7 Å². The Balaban J connectivity index is 2.21. The maximum atomic E-state index is 5.82. The molecule has 0 aromatic rings. The molecule has 1 aliphatic rings. The minimum Gasteiger partial charge on any atom is -0.330 e. The second kappa shape index (κ2) is 4.94. The molecule has 0 spiro atoms. The van der Waals surface area contributed by atoms with Gasteiger partial charge in [0.25, 0.3) is 0 Å². The second-order valence-electron chi connectivity index (χ2n) is 5.00. The van der Waals surface area contributed by atoms with Crippen LogP contribution in [0.1, 0.15) is 32.6 Å². The van der Waals surface area contributed by atoms with E-state index in [1.165, 1.54) is 31.3 Å². The van der Waals surface area contributed by atoms with Gasteiger partial charge in [-0.2, -0.15) is 0 Å². The Labute approximate surface area is 88.2 Å². The smallest absolute Gasteiger partial charge is 0.0184 e. The number of likely N-dealkylation sites (N-methyl/N-ethyl adjacent to an activating group) is 1. The van der Waals surface area contributed by atoms with Crippen LogP contribution in [0.4, 0.5) is 0 Å². The lowest BCUT2D eigenvalue weighted by atomic mass is 9.66. The van der Waals surface area contributed by atoms with Crippen molar-refractivity contribution >= 4 is 0 Å². The molecule has 1 aliphatic carbocycles. The largest absolute Gasteiger partial charge is 0.330 e. The first-order valence-electron chi connectivity index (χ1n) is 5.61. The molecule has 0 radical (unpaired) electrons. The molecule has 0 amide bonds. The van der Waals surface area contributed by atoms with E-state index < -0.39 is 0 Å². The molecular weight excluding hydrogens is 172 g/mol. The third kappa shape index (κ3) is 3.10. The van der Waals surface area contributed by atoms with Crippen LogP contribution in [0.2, 0.25) is 0 Å². The molecule has 2 heteroatoms. The predicted molar refractivity (Wildman–Crippen MR) is 62.3 cm³/mol. The lowest BCUT2D eigenvalue weighted by molar-refractivity contribution is 0.114. The van der Waals surface area contributed by atoms with Crippen molar-refractivity contribution in [2.24, 2.45) is 11.1 Å². The van der Waals surface area contributed by atoms with E-state index in [0.717, 1.165) is 19.6 Å². The molecule has 0 aromatic carbocycles. The zero-order chi connectivity index (χ0) is 10.6. The maximum absolute atomic E-state index is 5.82. The van der Waals surface area contributed by atoms with Gasteiger partial charge in [-0.25, -0.2) is 0 Å². The maximum Gasteiger partial charge on any atom is 0.0184 e. The summed E-state index contributed by atoms with van der Waals surface area (Å²) in [5, 5.41) is 0. The molecule has 0 aliphatic heterocycles. The molecule has 0 aromatic heterocycles. The molecule has 2 N–H and O–H groups in total. The van der Waals surface area contributed by atoms with E-state index in [-0.39, 0.29) is 0 Å². The molecule has 82 valence electrons. The van der Waals surface area contributed by atoms with Gasteiger partial charge in [0.05, 0.1) is 0 Å². The van der Waals surface area contributed by atoms with Crippen LogP contribution in [0, 0.1) is 5.41 Å². The van der Waals surface area contributed by atoms with Crippen molar-refractivity contribution in [3.8, 4) is 0 Å². The highest BCUT2D eigenvalue weighted by atomic mass is 15.1. The zero-order valence-corrected chi connectivity index (χ0v) is 9.68. The average Bonchev–Trinajstić information content (AvgIpc) is 2.01. The van der Waals surface area contributed by atoms with Crippen LogP contribution in [-0.4, -0.2) is 31.6 Å². The van der Waals surface area contributed by atoms with E-state index >= 15 is 0 Å². The normalized spacial score (nSPS) is 19.4. The fraction of sp³-hybridized carbons (Fsp3) is 0.833. The summed E-state index contributed by atoms with van der Waals surface area (Å²) in [7, 11) is 2.16. The fourth-order valence-electron chi connectivity index (χ4n) is 2.20. The number of hydrogen-bond donors (Lipinski definition) is 1. The van der Waals surface area contributed by atoms with Crippen LogP contribution in [0.5, 0.6) is 0 Å². The molecule has 0 heterocycles. The first-order valence-corrected chi connectivity index (χ1v) is 5.61. The molecule has 0 atom stereocenters. The summed E-state index contributed by atoms with van der Waals surface area (Å²) in [5.41, 5.74) is 7.55. The predicted octanol–water partition coefficient (Wildman–Crippen LogP) is 2.01. The summed E-state index contributed by atoms with van der Waals surface area (Å²) in [6.07, 6.45) is 5.31. The van der Waals surface area contributed by atoms with Crippen LogP contribution in [0.15, 0.2) is 12.2 Å². The molecular formula is C12H24N2. The number of nitrogens with zero attached hydrogens (tertiary/aromatic N) is 1.